The molecule has 1 N–H and O–H groups in total. The first-order valence-electron chi connectivity index (χ1n) is 7.07. The van der Waals surface area contributed by atoms with Crippen LogP contribution in [-0.4, -0.2) is 28.9 Å². The second-order valence-electron chi connectivity index (χ2n) is 4.90. The van der Waals surface area contributed by atoms with Crippen LogP contribution in [0.25, 0.3) is 5.69 Å². The Hall–Kier alpha value is -2.14. The molecule has 1 aromatic heterocycles. The maximum absolute atomic E-state index is 11.6. The van der Waals surface area contributed by atoms with Crippen molar-refractivity contribution in [2.24, 2.45) is 0 Å². The van der Waals surface area contributed by atoms with E-state index in [0.717, 1.165) is 16.9 Å². The quantitative estimate of drug-likeness (QED) is 0.828. The Kier molecular flexibility index (Phi) is 5.11. The lowest BCUT2D eigenvalue weighted by atomic mass is 10.1. The molecular weight excluding hydrogens is 266 g/mol. The van der Waals surface area contributed by atoms with Gasteiger partial charge in [0.05, 0.1) is 18.5 Å². The summed E-state index contributed by atoms with van der Waals surface area (Å²) in [7, 11) is 1.41. The van der Waals surface area contributed by atoms with Gasteiger partial charge >= 0.3 is 5.97 Å². The molecule has 21 heavy (non-hydrogen) atoms. The predicted molar refractivity (Wildman–Crippen MR) is 81.2 cm³/mol. The number of aromatic nitrogens is 2. The van der Waals surface area contributed by atoms with Gasteiger partial charge in [0.15, 0.2) is 0 Å². The third kappa shape index (κ3) is 3.70. The molecule has 0 saturated carbocycles. The van der Waals surface area contributed by atoms with Crippen molar-refractivity contribution in [2.45, 2.75) is 32.9 Å². The van der Waals surface area contributed by atoms with Crippen LogP contribution in [0.1, 0.15) is 24.6 Å². The first-order chi connectivity index (χ1) is 10.2. The Morgan fingerprint density at radius 2 is 2.14 bits per heavy atom. The summed E-state index contributed by atoms with van der Waals surface area (Å²) < 4.78 is 6.64. The number of esters is 1. The molecule has 2 rings (SSSR count). The van der Waals surface area contributed by atoms with Gasteiger partial charge in [-0.05, 0) is 31.0 Å². The van der Waals surface area contributed by atoms with Crippen molar-refractivity contribution >= 4 is 5.97 Å². The number of carbonyl (C=O) groups is 1. The van der Waals surface area contributed by atoms with Crippen LogP contribution >= 0.6 is 0 Å². The zero-order valence-corrected chi connectivity index (χ0v) is 12.7. The molecular formula is C16H21N3O2. The van der Waals surface area contributed by atoms with Crippen LogP contribution in [-0.2, 0) is 16.1 Å². The molecule has 0 bridgehead atoms. The van der Waals surface area contributed by atoms with Crippen LogP contribution in [0.3, 0.4) is 0 Å². The molecule has 5 nitrogen and oxygen atoms in total. The molecule has 0 fully saturated rings. The second-order valence-corrected chi connectivity index (χ2v) is 4.90. The van der Waals surface area contributed by atoms with Gasteiger partial charge in [0, 0.05) is 12.7 Å². The highest BCUT2D eigenvalue weighted by Crippen LogP contribution is 2.14. The van der Waals surface area contributed by atoms with Crippen LogP contribution in [0.5, 0.6) is 0 Å². The molecule has 1 aromatic carbocycles. The van der Waals surface area contributed by atoms with Crippen molar-refractivity contribution in [3.63, 3.8) is 0 Å². The lowest BCUT2D eigenvalue weighted by Crippen LogP contribution is -2.36. The molecule has 1 atom stereocenters. The van der Waals surface area contributed by atoms with Crippen molar-refractivity contribution in [3.05, 3.63) is 47.8 Å². The predicted octanol–water partition coefficient (Wildman–Crippen LogP) is 2.22. The van der Waals surface area contributed by atoms with Gasteiger partial charge in [0.25, 0.3) is 0 Å². The maximum Gasteiger partial charge on any atom is 0.322 e. The zero-order valence-electron chi connectivity index (χ0n) is 12.7. The van der Waals surface area contributed by atoms with Crippen molar-refractivity contribution in [2.75, 3.05) is 7.11 Å². The summed E-state index contributed by atoms with van der Waals surface area (Å²) in [4.78, 5) is 11.6. The lowest BCUT2D eigenvalue weighted by Gasteiger charge is -2.16. The Balaban J connectivity index is 2.15. The minimum atomic E-state index is -0.289. The van der Waals surface area contributed by atoms with E-state index in [4.69, 9.17) is 4.74 Å². The van der Waals surface area contributed by atoms with E-state index in [9.17, 15) is 4.79 Å². The lowest BCUT2D eigenvalue weighted by molar-refractivity contribution is -0.143. The minimum Gasteiger partial charge on any atom is -0.468 e. The van der Waals surface area contributed by atoms with Crippen molar-refractivity contribution in [1.82, 2.24) is 15.1 Å². The van der Waals surface area contributed by atoms with E-state index < -0.39 is 0 Å². The highest BCUT2D eigenvalue weighted by atomic mass is 16.5. The summed E-state index contributed by atoms with van der Waals surface area (Å²) in [6.45, 7) is 4.50. The third-order valence-corrected chi connectivity index (χ3v) is 3.39. The molecule has 0 radical (unpaired) electrons. The zero-order chi connectivity index (χ0) is 15.2. The van der Waals surface area contributed by atoms with E-state index in [0.29, 0.717) is 13.0 Å². The van der Waals surface area contributed by atoms with Gasteiger partial charge in [-0.1, -0.05) is 25.1 Å². The summed E-state index contributed by atoms with van der Waals surface area (Å²) in [5.41, 5.74) is 3.07. The molecule has 5 heteroatoms. The molecule has 0 amide bonds. The molecule has 112 valence electrons. The van der Waals surface area contributed by atoms with Crippen LogP contribution in [0.4, 0.5) is 0 Å². The SMILES string of the molecule is CC[C@@H](NCc1ccccc1-n1ccc(C)n1)C(=O)OC. The summed E-state index contributed by atoms with van der Waals surface area (Å²) >= 11 is 0. The van der Waals surface area contributed by atoms with E-state index in [-0.39, 0.29) is 12.0 Å². The normalized spacial score (nSPS) is 12.1. The van der Waals surface area contributed by atoms with Gasteiger partial charge in [-0.2, -0.15) is 5.10 Å². The highest BCUT2D eigenvalue weighted by molar-refractivity contribution is 5.75. The Labute approximate surface area is 124 Å². The van der Waals surface area contributed by atoms with E-state index in [1.807, 2.05) is 55.1 Å². The van der Waals surface area contributed by atoms with Crippen molar-refractivity contribution in [3.8, 4) is 5.69 Å². The van der Waals surface area contributed by atoms with E-state index in [1.54, 1.807) is 0 Å². The number of methoxy groups -OCH3 is 1. The Morgan fingerprint density at radius 3 is 2.76 bits per heavy atom. The molecule has 0 aliphatic rings. The van der Waals surface area contributed by atoms with Crippen LogP contribution in [0.15, 0.2) is 36.5 Å². The fourth-order valence-electron chi connectivity index (χ4n) is 2.20. The molecule has 2 aromatic rings. The highest BCUT2D eigenvalue weighted by Gasteiger charge is 2.16. The number of rotatable bonds is 6. The fourth-order valence-corrected chi connectivity index (χ4v) is 2.20. The monoisotopic (exact) mass is 287 g/mol. The minimum absolute atomic E-state index is 0.232. The number of carbonyl (C=O) groups excluding carboxylic acids is 1. The maximum atomic E-state index is 11.6. The van der Waals surface area contributed by atoms with E-state index in [1.165, 1.54) is 7.11 Å². The number of para-hydroxylation sites is 1. The molecule has 0 saturated heterocycles. The fraction of sp³-hybridized carbons (Fsp3) is 0.375. The number of hydrogen-bond donors (Lipinski definition) is 1. The Bertz CT molecular complexity index is 607. The summed E-state index contributed by atoms with van der Waals surface area (Å²) in [5.74, 6) is -0.232. The first-order valence-corrected chi connectivity index (χ1v) is 7.07. The molecule has 0 aliphatic carbocycles. The van der Waals surface area contributed by atoms with Gasteiger partial charge in [-0.3, -0.25) is 4.79 Å². The van der Waals surface area contributed by atoms with Crippen LogP contribution in [0.2, 0.25) is 0 Å². The summed E-state index contributed by atoms with van der Waals surface area (Å²) in [6.07, 6.45) is 2.63. The average Bonchev–Trinajstić information content (AvgIpc) is 2.94. The van der Waals surface area contributed by atoms with Gasteiger partial charge in [0.1, 0.15) is 6.04 Å². The van der Waals surface area contributed by atoms with Gasteiger partial charge in [0.2, 0.25) is 0 Å². The number of aryl methyl sites for hydroxylation is 1. The third-order valence-electron chi connectivity index (χ3n) is 3.39. The van der Waals surface area contributed by atoms with Gasteiger partial charge in [-0.15, -0.1) is 0 Å². The summed E-state index contributed by atoms with van der Waals surface area (Å²) in [5, 5.41) is 7.68. The largest absolute Gasteiger partial charge is 0.468 e. The summed E-state index contributed by atoms with van der Waals surface area (Å²) in [6, 6.07) is 9.69. The van der Waals surface area contributed by atoms with Gasteiger partial charge in [-0.25, -0.2) is 4.68 Å². The van der Waals surface area contributed by atoms with Crippen LogP contribution < -0.4 is 5.32 Å². The number of ether oxygens (including phenoxy) is 1. The molecule has 1 heterocycles. The van der Waals surface area contributed by atoms with Crippen molar-refractivity contribution < 1.29 is 9.53 Å². The van der Waals surface area contributed by atoms with Gasteiger partial charge < -0.3 is 10.1 Å². The first kappa shape index (κ1) is 15.3. The van der Waals surface area contributed by atoms with Crippen LogP contribution in [0, 0.1) is 6.92 Å². The molecule has 0 spiro atoms. The van der Waals surface area contributed by atoms with E-state index >= 15 is 0 Å². The number of nitrogens with one attached hydrogen (secondary N) is 1. The standard InChI is InChI=1S/C16H21N3O2/c1-4-14(16(20)21-3)17-11-13-7-5-6-8-15(13)19-10-9-12(2)18-19/h5-10,14,17H,4,11H2,1-3H3/t14-/m1/s1. The molecule has 0 unspecified atom stereocenters. The number of benzene rings is 1. The average molecular weight is 287 g/mol. The smallest absolute Gasteiger partial charge is 0.322 e. The number of hydrogen-bond acceptors (Lipinski definition) is 4. The second kappa shape index (κ2) is 7.04. The molecule has 0 aliphatic heterocycles. The van der Waals surface area contributed by atoms with E-state index in [2.05, 4.69) is 10.4 Å². The van der Waals surface area contributed by atoms with Crippen molar-refractivity contribution in [1.29, 1.82) is 0 Å². The Morgan fingerprint density at radius 1 is 1.38 bits per heavy atom. The number of nitrogens with zero attached hydrogens (tertiary/aromatic N) is 2. The topological polar surface area (TPSA) is 56.2 Å².